The van der Waals surface area contributed by atoms with Crippen LogP contribution in [0.1, 0.15) is 12.2 Å². The summed E-state index contributed by atoms with van der Waals surface area (Å²) in [5, 5.41) is 2.55. The Hall–Kier alpha value is -2.30. The third-order valence-corrected chi connectivity index (χ3v) is 4.87. The van der Waals surface area contributed by atoms with Crippen molar-refractivity contribution in [3.05, 3.63) is 30.2 Å². The minimum atomic E-state index is -3.76. The second-order valence-corrected chi connectivity index (χ2v) is 7.10. The molecule has 0 aliphatic rings. The number of aromatic nitrogens is 2. The molecule has 0 atom stereocenters. The number of hydrogen-bond acceptors (Lipinski definition) is 6. The van der Waals surface area contributed by atoms with E-state index in [1.807, 2.05) is 0 Å². The number of nitrogens with zero attached hydrogens (tertiary/aromatic N) is 2. The molecule has 26 heavy (non-hydrogen) atoms. The van der Waals surface area contributed by atoms with Crippen LogP contribution in [0.2, 0.25) is 0 Å². The second kappa shape index (κ2) is 8.88. The van der Waals surface area contributed by atoms with E-state index in [1.165, 1.54) is 13.3 Å². The van der Waals surface area contributed by atoms with Crippen molar-refractivity contribution < 1.29 is 17.9 Å². The van der Waals surface area contributed by atoms with Crippen molar-refractivity contribution in [1.82, 2.24) is 14.3 Å². The Kier molecular flexibility index (Phi) is 7.42. The lowest BCUT2D eigenvalue weighted by molar-refractivity contribution is -0.116. The molecule has 0 saturated heterocycles. The van der Waals surface area contributed by atoms with Crippen molar-refractivity contribution in [2.75, 3.05) is 24.7 Å². The van der Waals surface area contributed by atoms with E-state index in [2.05, 4.69) is 15.0 Å². The van der Waals surface area contributed by atoms with Crippen LogP contribution in [0.3, 0.4) is 0 Å². The first-order valence-corrected chi connectivity index (χ1v) is 8.94. The molecular weight excluding hydrogens is 382 g/mol. The number of nitrogens with two attached hydrogens (primary N) is 1. The molecule has 1 heterocycles. The fourth-order valence-corrected chi connectivity index (χ4v) is 3.08. The van der Waals surface area contributed by atoms with Crippen molar-refractivity contribution in [1.29, 1.82) is 0 Å². The number of sulfonamides is 1. The quantitative estimate of drug-likeness (QED) is 0.592. The molecule has 0 saturated carbocycles. The van der Waals surface area contributed by atoms with Gasteiger partial charge in [0.2, 0.25) is 5.91 Å². The molecule has 0 bridgehead atoms. The monoisotopic (exact) mass is 403 g/mol. The van der Waals surface area contributed by atoms with Crippen LogP contribution >= 0.6 is 12.4 Å². The zero-order valence-electron chi connectivity index (χ0n) is 14.6. The van der Waals surface area contributed by atoms with E-state index in [0.29, 0.717) is 22.9 Å². The summed E-state index contributed by atoms with van der Waals surface area (Å²) in [5.41, 5.74) is 6.59. The largest absolute Gasteiger partial charge is 0.497 e. The number of hydrogen-bond donors (Lipinski definition) is 3. The standard InChI is InChI=1S/C15H21N5O4S.ClH/c1-10-18-15(9-20(10)2)25(22,23)17-7-6-14(21)19-13-8-11(24-3)4-5-12(13)16;/h4-5,8-9,17H,6-7,16H2,1-3H3,(H,19,21);1H. The van der Waals surface area contributed by atoms with Gasteiger partial charge in [0.15, 0.2) is 5.03 Å². The van der Waals surface area contributed by atoms with Gasteiger partial charge in [-0.3, -0.25) is 4.79 Å². The highest BCUT2D eigenvalue weighted by Crippen LogP contribution is 2.24. The molecule has 4 N–H and O–H groups in total. The number of carbonyl (C=O) groups excluding carboxylic acids is 1. The molecule has 0 spiro atoms. The first-order chi connectivity index (χ1) is 11.7. The third-order valence-electron chi connectivity index (χ3n) is 3.54. The second-order valence-electron chi connectivity index (χ2n) is 5.39. The number of imidazole rings is 1. The lowest BCUT2D eigenvalue weighted by atomic mass is 10.2. The third kappa shape index (κ3) is 5.35. The van der Waals surface area contributed by atoms with Gasteiger partial charge < -0.3 is 20.4 Å². The molecule has 0 radical (unpaired) electrons. The zero-order valence-corrected chi connectivity index (χ0v) is 16.3. The van der Waals surface area contributed by atoms with Crippen molar-refractivity contribution in [2.45, 2.75) is 18.4 Å². The number of nitrogens with one attached hydrogen (secondary N) is 2. The lowest BCUT2D eigenvalue weighted by Crippen LogP contribution is -2.28. The number of methoxy groups -OCH3 is 1. The number of benzene rings is 1. The van der Waals surface area contributed by atoms with Crippen LogP contribution in [-0.4, -0.2) is 37.5 Å². The Morgan fingerprint density at radius 2 is 2.08 bits per heavy atom. The smallest absolute Gasteiger partial charge is 0.259 e. The maximum absolute atomic E-state index is 12.1. The summed E-state index contributed by atoms with van der Waals surface area (Å²) in [6.45, 7) is 1.64. The van der Waals surface area contributed by atoms with E-state index >= 15 is 0 Å². The van der Waals surface area contributed by atoms with Gasteiger partial charge in [-0.15, -0.1) is 12.4 Å². The summed E-state index contributed by atoms with van der Waals surface area (Å²) in [6, 6.07) is 4.88. The number of amides is 1. The molecule has 0 unspecified atom stereocenters. The predicted octanol–water partition coefficient (Wildman–Crippen LogP) is 1.05. The molecule has 1 aromatic carbocycles. The van der Waals surface area contributed by atoms with Gasteiger partial charge >= 0.3 is 0 Å². The Morgan fingerprint density at radius 3 is 2.65 bits per heavy atom. The van der Waals surface area contributed by atoms with Crippen LogP contribution in [0.4, 0.5) is 11.4 Å². The van der Waals surface area contributed by atoms with Gasteiger partial charge in [-0.2, -0.15) is 0 Å². The molecular formula is C15H22ClN5O4S. The van der Waals surface area contributed by atoms with Gasteiger partial charge in [0.25, 0.3) is 10.0 Å². The molecule has 2 aromatic rings. The van der Waals surface area contributed by atoms with Crippen molar-refractivity contribution in [3.63, 3.8) is 0 Å². The highest BCUT2D eigenvalue weighted by atomic mass is 35.5. The zero-order chi connectivity index (χ0) is 18.6. The number of halogens is 1. The van der Waals surface area contributed by atoms with Crippen molar-refractivity contribution >= 4 is 39.7 Å². The van der Waals surface area contributed by atoms with Crippen LogP contribution in [0.5, 0.6) is 5.75 Å². The molecule has 11 heteroatoms. The highest BCUT2D eigenvalue weighted by molar-refractivity contribution is 7.89. The van der Waals surface area contributed by atoms with E-state index in [1.54, 1.807) is 36.7 Å². The maximum Gasteiger partial charge on any atom is 0.259 e. The molecule has 0 aliphatic heterocycles. The normalized spacial score (nSPS) is 10.9. The average molecular weight is 404 g/mol. The summed E-state index contributed by atoms with van der Waals surface area (Å²) in [7, 11) is -0.549. The minimum absolute atomic E-state index is 0. The maximum atomic E-state index is 12.1. The van der Waals surface area contributed by atoms with E-state index in [-0.39, 0.29) is 36.3 Å². The molecule has 9 nitrogen and oxygen atoms in total. The summed E-state index contributed by atoms with van der Waals surface area (Å²) < 4.78 is 33.3. The van der Waals surface area contributed by atoms with Gasteiger partial charge in [-0.1, -0.05) is 0 Å². The average Bonchev–Trinajstić information content (AvgIpc) is 2.89. The Bertz CT molecular complexity index is 863. The summed E-state index contributed by atoms with van der Waals surface area (Å²) >= 11 is 0. The molecule has 1 amide bonds. The van der Waals surface area contributed by atoms with Gasteiger partial charge in [-0.25, -0.2) is 18.1 Å². The van der Waals surface area contributed by atoms with Crippen LogP contribution < -0.4 is 20.5 Å². The SMILES string of the molecule is COc1ccc(N)c(NC(=O)CCNS(=O)(=O)c2cn(C)c(C)n2)c1.Cl. The predicted molar refractivity (Wildman–Crippen MR) is 101 cm³/mol. The van der Waals surface area contributed by atoms with Crippen LogP contribution in [0, 0.1) is 6.92 Å². The van der Waals surface area contributed by atoms with Gasteiger partial charge in [0.05, 0.1) is 18.5 Å². The Morgan fingerprint density at radius 1 is 1.38 bits per heavy atom. The van der Waals surface area contributed by atoms with E-state index in [9.17, 15) is 13.2 Å². The summed E-state index contributed by atoms with van der Waals surface area (Å²) in [4.78, 5) is 15.9. The Labute approximate surface area is 158 Å². The topological polar surface area (TPSA) is 128 Å². The van der Waals surface area contributed by atoms with Crippen molar-refractivity contribution in [2.24, 2.45) is 7.05 Å². The first-order valence-electron chi connectivity index (χ1n) is 7.46. The fourth-order valence-electron chi connectivity index (χ4n) is 2.01. The van der Waals surface area contributed by atoms with Crippen LogP contribution in [0.25, 0.3) is 0 Å². The van der Waals surface area contributed by atoms with E-state index in [0.717, 1.165) is 0 Å². The lowest BCUT2D eigenvalue weighted by Gasteiger charge is -2.10. The van der Waals surface area contributed by atoms with Crippen LogP contribution in [0.15, 0.2) is 29.4 Å². The van der Waals surface area contributed by atoms with Gasteiger partial charge in [0, 0.05) is 32.3 Å². The van der Waals surface area contributed by atoms with E-state index in [4.69, 9.17) is 10.5 Å². The van der Waals surface area contributed by atoms with Gasteiger partial charge in [0.1, 0.15) is 11.6 Å². The number of aryl methyl sites for hydroxylation is 2. The number of carbonyl (C=O) groups is 1. The van der Waals surface area contributed by atoms with Crippen LogP contribution in [-0.2, 0) is 21.9 Å². The van der Waals surface area contributed by atoms with Crippen molar-refractivity contribution in [3.8, 4) is 5.75 Å². The first kappa shape index (κ1) is 21.7. The van der Waals surface area contributed by atoms with E-state index < -0.39 is 10.0 Å². The van der Waals surface area contributed by atoms with Gasteiger partial charge in [-0.05, 0) is 19.1 Å². The molecule has 0 fully saturated rings. The summed E-state index contributed by atoms with van der Waals surface area (Å²) in [5.74, 6) is 0.752. The Balaban J connectivity index is 0.00000338. The highest BCUT2D eigenvalue weighted by Gasteiger charge is 2.18. The molecule has 0 aliphatic carbocycles. The molecule has 1 aromatic heterocycles. The number of nitrogen functional groups attached to an aromatic ring is 1. The fraction of sp³-hybridized carbons (Fsp3) is 0.333. The number of ether oxygens (including phenoxy) is 1. The minimum Gasteiger partial charge on any atom is -0.497 e. The number of anilines is 2. The molecule has 2 rings (SSSR count). The summed E-state index contributed by atoms with van der Waals surface area (Å²) in [6.07, 6.45) is 1.36. The molecule has 144 valence electrons. The number of rotatable bonds is 7.